The minimum Gasteiger partial charge on any atom is -0.320 e. The lowest BCUT2D eigenvalue weighted by Gasteiger charge is -2.14. The molecule has 104 valence electrons. The Morgan fingerprint density at radius 1 is 1.15 bits per heavy atom. The van der Waals surface area contributed by atoms with Crippen LogP contribution in [0.2, 0.25) is 0 Å². The van der Waals surface area contributed by atoms with Crippen molar-refractivity contribution in [3.8, 4) is 0 Å². The molecular formula is C16H17BrN2O. The van der Waals surface area contributed by atoms with Gasteiger partial charge in [0.15, 0.2) is 0 Å². The van der Waals surface area contributed by atoms with E-state index in [1.165, 1.54) is 0 Å². The zero-order valence-electron chi connectivity index (χ0n) is 11.6. The molecule has 0 aliphatic heterocycles. The number of hydrogen-bond acceptors (Lipinski definition) is 2. The number of pyridine rings is 1. The molecule has 0 fully saturated rings. The van der Waals surface area contributed by atoms with Crippen LogP contribution in [0.4, 0.5) is 5.69 Å². The van der Waals surface area contributed by atoms with Crippen molar-refractivity contribution in [3.63, 3.8) is 0 Å². The summed E-state index contributed by atoms with van der Waals surface area (Å²) in [6.45, 7) is 4.17. The number of aryl methyl sites for hydroxylation is 2. The van der Waals surface area contributed by atoms with Gasteiger partial charge in [-0.1, -0.05) is 32.0 Å². The molecule has 0 aliphatic rings. The lowest BCUT2D eigenvalue weighted by atomic mass is 10.0. The van der Waals surface area contributed by atoms with Crippen molar-refractivity contribution in [1.82, 2.24) is 4.98 Å². The van der Waals surface area contributed by atoms with E-state index in [2.05, 4.69) is 40.1 Å². The molecule has 2 rings (SSSR count). The van der Waals surface area contributed by atoms with Crippen molar-refractivity contribution in [3.05, 3.63) is 57.8 Å². The molecule has 4 heteroatoms. The summed E-state index contributed by atoms with van der Waals surface area (Å²) in [5.74, 6) is -0.187. The van der Waals surface area contributed by atoms with Crippen LogP contribution in [0.15, 0.2) is 41.0 Å². The van der Waals surface area contributed by atoms with Gasteiger partial charge in [-0.15, -0.1) is 0 Å². The van der Waals surface area contributed by atoms with E-state index in [9.17, 15) is 4.79 Å². The maximum Gasteiger partial charge on any atom is 0.275 e. The summed E-state index contributed by atoms with van der Waals surface area (Å²) < 4.78 is 0.699. The monoisotopic (exact) mass is 332 g/mol. The van der Waals surface area contributed by atoms with Crippen molar-refractivity contribution in [2.45, 2.75) is 26.7 Å². The Kier molecular flexibility index (Phi) is 4.90. The van der Waals surface area contributed by atoms with Gasteiger partial charge in [0.25, 0.3) is 5.91 Å². The van der Waals surface area contributed by atoms with E-state index in [1.807, 2.05) is 24.3 Å². The molecule has 0 aliphatic carbocycles. The molecule has 0 saturated heterocycles. The van der Waals surface area contributed by atoms with Gasteiger partial charge in [0.2, 0.25) is 0 Å². The third kappa shape index (κ3) is 3.07. The van der Waals surface area contributed by atoms with Crippen LogP contribution in [-0.2, 0) is 12.8 Å². The first kappa shape index (κ1) is 14.7. The summed E-state index contributed by atoms with van der Waals surface area (Å²) in [5, 5.41) is 3.01. The third-order valence-electron chi connectivity index (χ3n) is 3.21. The number of halogens is 1. The third-order valence-corrected chi connectivity index (χ3v) is 3.85. The molecule has 0 bridgehead atoms. The Morgan fingerprint density at radius 3 is 2.35 bits per heavy atom. The van der Waals surface area contributed by atoms with Gasteiger partial charge in [-0.2, -0.15) is 0 Å². The van der Waals surface area contributed by atoms with E-state index in [4.69, 9.17) is 0 Å². The molecule has 0 saturated carbocycles. The van der Waals surface area contributed by atoms with Crippen LogP contribution in [0.1, 0.15) is 35.5 Å². The van der Waals surface area contributed by atoms with Crippen LogP contribution >= 0.6 is 15.9 Å². The number of carbonyl (C=O) groups is 1. The van der Waals surface area contributed by atoms with Crippen molar-refractivity contribution in [2.24, 2.45) is 0 Å². The van der Waals surface area contributed by atoms with E-state index < -0.39 is 0 Å². The van der Waals surface area contributed by atoms with Crippen molar-refractivity contribution in [2.75, 3.05) is 5.32 Å². The average molecular weight is 333 g/mol. The molecule has 0 atom stereocenters. The van der Waals surface area contributed by atoms with Crippen LogP contribution in [0.25, 0.3) is 0 Å². The first-order valence-corrected chi connectivity index (χ1v) is 7.49. The van der Waals surface area contributed by atoms with Gasteiger partial charge in [0.1, 0.15) is 5.69 Å². The predicted octanol–water partition coefficient (Wildman–Crippen LogP) is 4.22. The highest BCUT2D eigenvalue weighted by molar-refractivity contribution is 9.10. The number of benzene rings is 1. The molecule has 20 heavy (non-hydrogen) atoms. The zero-order valence-corrected chi connectivity index (χ0v) is 13.2. The fourth-order valence-corrected chi connectivity index (χ4v) is 2.56. The van der Waals surface area contributed by atoms with Gasteiger partial charge in [-0.25, -0.2) is 4.98 Å². The molecule has 1 aromatic carbocycles. The molecule has 0 spiro atoms. The van der Waals surface area contributed by atoms with E-state index in [0.29, 0.717) is 10.2 Å². The first-order valence-electron chi connectivity index (χ1n) is 6.70. The SMILES string of the molecule is CCc1cccc(CC)c1NC(=O)c1ncccc1Br. The van der Waals surface area contributed by atoms with E-state index in [1.54, 1.807) is 12.3 Å². The summed E-state index contributed by atoms with van der Waals surface area (Å²) >= 11 is 3.36. The number of nitrogens with one attached hydrogen (secondary N) is 1. The van der Waals surface area contributed by atoms with Crippen LogP contribution in [-0.4, -0.2) is 10.9 Å². The molecule has 1 aromatic heterocycles. The Bertz CT molecular complexity index is 603. The van der Waals surface area contributed by atoms with Crippen LogP contribution < -0.4 is 5.32 Å². The number of nitrogens with zero attached hydrogens (tertiary/aromatic N) is 1. The molecule has 1 amide bonds. The van der Waals surface area contributed by atoms with Gasteiger partial charge in [0, 0.05) is 16.4 Å². The van der Waals surface area contributed by atoms with Gasteiger partial charge in [-0.3, -0.25) is 4.79 Å². The highest BCUT2D eigenvalue weighted by Crippen LogP contribution is 2.24. The van der Waals surface area contributed by atoms with E-state index in [0.717, 1.165) is 29.7 Å². The number of amides is 1. The quantitative estimate of drug-likeness (QED) is 0.910. The zero-order chi connectivity index (χ0) is 14.5. The number of aromatic nitrogens is 1. The second kappa shape index (κ2) is 6.66. The summed E-state index contributed by atoms with van der Waals surface area (Å²) in [7, 11) is 0. The first-order chi connectivity index (χ1) is 9.67. The fourth-order valence-electron chi connectivity index (χ4n) is 2.13. The van der Waals surface area contributed by atoms with Crippen molar-refractivity contribution in [1.29, 1.82) is 0 Å². The smallest absolute Gasteiger partial charge is 0.275 e. The Labute approximate surface area is 127 Å². The molecule has 0 radical (unpaired) electrons. The summed E-state index contributed by atoms with van der Waals surface area (Å²) in [5.41, 5.74) is 3.61. The summed E-state index contributed by atoms with van der Waals surface area (Å²) in [4.78, 5) is 16.5. The fraction of sp³-hybridized carbons (Fsp3) is 0.250. The van der Waals surface area contributed by atoms with Crippen LogP contribution in [0.5, 0.6) is 0 Å². The van der Waals surface area contributed by atoms with Gasteiger partial charge in [0.05, 0.1) is 0 Å². The number of para-hydroxylation sites is 1. The molecule has 2 aromatic rings. The van der Waals surface area contributed by atoms with E-state index >= 15 is 0 Å². The van der Waals surface area contributed by atoms with Crippen LogP contribution in [0, 0.1) is 0 Å². The maximum absolute atomic E-state index is 12.4. The lowest BCUT2D eigenvalue weighted by Crippen LogP contribution is -2.16. The van der Waals surface area contributed by atoms with Gasteiger partial charge >= 0.3 is 0 Å². The summed E-state index contributed by atoms with van der Waals surface area (Å²) in [6.07, 6.45) is 3.38. The molecule has 1 heterocycles. The van der Waals surface area contributed by atoms with E-state index in [-0.39, 0.29) is 5.91 Å². The number of hydrogen-bond donors (Lipinski definition) is 1. The molecule has 3 nitrogen and oxygen atoms in total. The largest absolute Gasteiger partial charge is 0.320 e. The normalized spacial score (nSPS) is 10.3. The minimum atomic E-state index is -0.187. The Balaban J connectivity index is 2.35. The lowest BCUT2D eigenvalue weighted by molar-refractivity contribution is 0.102. The Morgan fingerprint density at radius 2 is 1.80 bits per heavy atom. The summed E-state index contributed by atoms with van der Waals surface area (Å²) in [6, 6.07) is 9.72. The molecular weight excluding hydrogens is 316 g/mol. The molecule has 0 unspecified atom stereocenters. The average Bonchev–Trinajstić information content (AvgIpc) is 2.47. The predicted molar refractivity (Wildman–Crippen MR) is 85.1 cm³/mol. The van der Waals surface area contributed by atoms with Crippen LogP contribution in [0.3, 0.4) is 0 Å². The number of carbonyl (C=O) groups excluding carboxylic acids is 1. The maximum atomic E-state index is 12.4. The van der Waals surface area contributed by atoms with Gasteiger partial charge in [-0.05, 0) is 52.0 Å². The van der Waals surface area contributed by atoms with Crippen molar-refractivity contribution >= 4 is 27.5 Å². The second-order valence-corrected chi connectivity index (χ2v) is 5.30. The topological polar surface area (TPSA) is 42.0 Å². The highest BCUT2D eigenvalue weighted by atomic mass is 79.9. The van der Waals surface area contributed by atoms with Gasteiger partial charge < -0.3 is 5.32 Å². The standard InChI is InChI=1S/C16H17BrN2O/c1-3-11-7-5-8-12(4-2)14(11)19-16(20)15-13(17)9-6-10-18-15/h5-10H,3-4H2,1-2H3,(H,19,20). The number of anilines is 1. The highest BCUT2D eigenvalue weighted by Gasteiger charge is 2.14. The Hall–Kier alpha value is -1.68. The number of rotatable bonds is 4. The van der Waals surface area contributed by atoms with Crippen molar-refractivity contribution < 1.29 is 4.79 Å². The second-order valence-electron chi connectivity index (χ2n) is 4.45. The molecule has 1 N–H and O–H groups in total. The minimum absolute atomic E-state index is 0.187.